The van der Waals surface area contributed by atoms with Crippen LogP contribution in [0.5, 0.6) is 0 Å². The van der Waals surface area contributed by atoms with Crippen LogP contribution in [-0.2, 0) is 16.1 Å². The van der Waals surface area contributed by atoms with Gasteiger partial charge < -0.3 is 10.6 Å². The summed E-state index contributed by atoms with van der Waals surface area (Å²) in [6, 6.07) is 8.68. The Bertz CT molecular complexity index is 1420. The van der Waals surface area contributed by atoms with Gasteiger partial charge in [0.2, 0.25) is 11.8 Å². The van der Waals surface area contributed by atoms with Crippen LogP contribution in [0.3, 0.4) is 0 Å². The van der Waals surface area contributed by atoms with Gasteiger partial charge in [0.1, 0.15) is 11.9 Å². The number of nitrogens with one attached hydrogen (secondary N) is 3. The third-order valence-corrected chi connectivity index (χ3v) is 6.44. The molecule has 1 saturated heterocycles. The molecule has 1 aliphatic rings. The van der Waals surface area contributed by atoms with Crippen LogP contribution in [0.25, 0.3) is 10.9 Å². The van der Waals surface area contributed by atoms with E-state index in [1.54, 1.807) is 25.1 Å². The number of anilines is 1. The van der Waals surface area contributed by atoms with Gasteiger partial charge in [-0.1, -0.05) is 6.07 Å². The third kappa shape index (κ3) is 6.47. The van der Waals surface area contributed by atoms with Gasteiger partial charge in [-0.2, -0.15) is 13.2 Å². The Morgan fingerprint density at radius 3 is 2.59 bits per heavy atom. The summed E-state index contributed by atoms with van der Waals surface area (Å²) >= 11 is -0.248. The smallest absolute Gasteiger partial charge is 0.334 e. The zero-order valence-electron chi connectivity index (χ0n) is 19.5. The van der Waals surface area contributed by atoms with Crippen LogP contribution in [0.15, 0.2) is 52.2 Å². The van der Waals surface area contributed by atoms with E-state index in [1.165, 1.54) is 28.8 Å². The molecular formula is C24H22F3N5O4S. The first-order chi connectivity index (χ1) is 17.5. The lowest BCUT2D eigenvalue weighted by atomic mass is 10.1. The molecule has 0 bridgehead atoms. The van der Waals surface area contributed by atoms with E-state index in [9.17, 15) is 32.3 Å². The lowest BCUT2D eigenvalue weighted by Crippen LogP contribution is -2.39. The van der Waals surface area contributed by atoms with Gasteiger partial charge in [0.15, 0.2) is 0 Å². The van der Waals surface area contributed by atoms with Crippen molar-refractivity contribution < 1.29 is 27.6 Å². The second kappa shape index (κ2) is 10.6. The van der Waals surface area contributed by atoms with E-state index in [2.05, 4.69) is 20.9 Å². The van der Waals surface area contributed by atoms with Gasteiger partial charge in [-0.25, -0.2) is 9.78 Å². The quantitative estimate of drug-likeness (QED) is 0.337. The first-order valence-electron chi connectivity index (χ1n) is 11.3. The van der Waals surface area contributed by atoms with E-state index in [0.29, 0.717) is 35.4 Å². The Morgan fingerprint density at radius 1 is 1.16 bits per heavy atom. The van der Waals surface area contributed by atoms with Gasteiger partial charge in [-0.3, -0.25) is 24.3 Å². The highest BCUT2D eigenvalue weighted by atomic mass is 32.2. The number of urea groups is 1. The minimum atomic E-state index is -4.40. The van der Waals surface area contributed by atoms with Gasteiger partial charge in [-0.15, -0.1) is 0 Å². The van der Waals surface area contributed by atoms with E-state index in [4.69, 9.17) is 0 Å². The Balaban J connectivity index is 1.47. The number of carbonyl (C=O) groups excluding carboxylic acids is 3. The number of rotatable bonds is 5. The largest absolute Gasteiger partial charge is 0.446 e. The van der Waals surface area contributed by atoms with Gasteiger partial charge in [0, 0.05) is 23.5 Å². The number of carbonyl (C=O) groups is 3. The summed E-state index contributed by atoms with van der Waals surface area (Å²) in [5.74, 6) is -0.583. The molecule has 1 unspecified atom stereocenters. The number of hydrogen-bond donors (Lipinski definition) is 3. The van der Waals surface area contributed by atoms with E-state index in [1.807, 2.05) is 0 Å². The van der Waals surface area contributed by atoms with E-state index >= 15 is 0 Å². The van der Waals surface area contributed by atoms with Crippen LogP contribution in [0.1, 0.15) is 36.7 Å². The second-order valence-electron chi connectivity index (χ2n) is 8.39. The van der Waals surface area contributed by atoms with Crippen molar-refractivity contribution in [1.29, 1.82) is 0 Å². The molecule has 194 valence electrons. The van der Waals surface area contributed by atoms with Crippen LogP contribution in [0.4, 0.5) is 23.7 Å². The lowest BCUT2D eigenvalue weighted by Gasteiger charge is -2.19. The number of aryl methyl sites for hydroxylation is 1. The minimum absolute atomic E-state index is 0.00273. The highest BCUT2D eigenvalue weighted by molar-refractivity contribution is 8.00. The topological polar surface area (TPSA) is 122 Å². The summed E-state index contributed by atoms with van der Waals surface area (Å²) in [6.07, 6.45) is 0.976. The Kier molecular flexibility index (Phi) is 7.52. The first kappa shape index (κ1) is 26.2. The van der Waals surface area contributed by atoms with Gasteiger partial charge in [0.05, 0.1) is 10.9 Å². The number of benzene rings is 2. The summed E-state index contributed by atoms with van der Waals surface area (Å²) in [7, 11) is 0. The molecule has 3 N–H and O–H groups in total. The van der Waals surface area contributed by atoms with E-state index in [-0.39, 0.29) is 40.9 Å². The number of nitrogens with zero attached hydrogens (tertiary/aromatic N) is 2. The molecule has 13 heteroatoms. The number of amides is 4. The van der Waals surface area contributed by atoms with Gasteiger partial charge >= 0.3 is 11.5 Å². The summed E-state index contributed by atoms with van der Waals surface area (Å²) in [6.45, 7) is 1.67. The molecule has 0 spiro atoms. The summed E-state index contributed by atoms with van der Waals surface area (Å²) < 4.78 is 38.6. The maximum absolute atomic E-state index is 13.3. The third-order valence-electron chi connectivity index (χ3n) is 5.70. The van der Waals surface area contributed by atoms with Crippen molar-refractivity contribution in [1.82, 2.24) is 20.2 Å². The molecular weight excluding hydrogens is 511 g/mol. The molecule has 2 aromatic carbocycles. The lowest BCUT2D eigenvalue weighted by molar-refractivity contribution is -0.131. The fourth-order valence-corrected chi connectivity index (χ4v) is 4.59. The van der Waals surface area contributed by atoms with Crippen molar-refractivity contribution in [2.45, 2.75) is 49.2 Å². The zero-order chi connectivity index (χ0) is 26.7. The zero-order valence-corrected chi connectivity index (χ0v) is 20.3. The number of thioether (sulfide) groups is 1. The first-order valence-corrected chi connectivity index (χ1v) is 12.1. The SMILES string of the molecule is Cc1nc2ccc(CNC(=O)Nc3ccc(SC(F)(F)F)cc3)cc2c(=O)n1C1CCCC(=O)NC1=O. The highest BCUT2D eigenvalue weighted by Gasteiger charge is 2.29. The normalized spacial score (nSPS) is 16.3. The molecule has 0 radical (unpaired) electrons. The van der Waals surface area contributed by atoms with Crippen molar-refractivity contribution in [3.8, 4) is 0 Å². The highest BCUT2D eigenvalue weighted by Crippen LogP contribution is 2.37. The molecule has 2 heterocycles. The van der Waals surface area contributed by atoms with Crippen molar-refractivity contribution in [3.05, 3.63) is 64.2 Å². The summed E-state index contributed by atoms with van der Waals surface area (Å²) in [5, 5.41) is 7.72. The predicted octanol–water partition coefficient (Wildman–Crippen LogP) is 4.01. The monoisotopic (exact) mass is 533 g/mol. The molecule has 4 rings (SSSR count). The molecule has 1 aliphatic heterocycles. The molecule has 1 fully saturated rings. The molecule has 0 aliphatic carbocycles. The van der Waals surface area contributed by atoms with Crippen LogP contribution in [-0.4, -0.2) is 32.9 Å². The minimum Gasteiger partial charge on any atom is -0.334 e. The van der Waals surface area contributed by atoms with Gasteiger partial charge in [-0.05, 0) is 73.5 Å². The Labute approximate surface area is 212 Å². The number of alkyl halides is 3. The van der Waals surface area contributed by atoms with Crippen LogP contribution < -0.4 is 21.5 Å². The number of imide groups is 1. The number of aromatic nitrogens is 2. The fourth-order valence-electron chi connectivity index (χ4n) is 4.05. The van der Waals surface area contributed by atoms with Crippen molar-refractivity contribution in [2.75, 3.05) is 5.32 Å². The average Bonchev–Trinajstić information content (AvgIpc) is 2.98. The molecule has 37 heavy (non-hydrogen) atoms. The molecule has 3 aromatic rings. The molecule has 1 aromatic heterocycles. The standard InChI is InChI=1S/C24H22F3N5O4S/c1-13-29-18-10-5-14(11-17(18)22(35)32(13)19-3-2-4-20(33)31-21(19)34)12-28-23(36)30-15-6-8-16(9-7-15)37-24(25,26)27/h5-11,19H,2-4,12H2,1H3,(H2,28,30,36)(H,31,33,34). The van der Waals surface area contributed by atoms with Crippen LogP contribution in [0, 0.1) is 6.92 Å². The molecule has 4 amide bonds. The number of halogens is 3. The van der Waals surface area contributed by atoms with Crippen LogP contribution in [0.2, 0.25) is 0 Å². The van der Waals surface area contributed by atoms with E-state index < -0.39 is 29.0 Å². The van der Waals surface area contributed by atoms with E-state index in [0.717, 1.165) is 0 Å². The summed E-state index contributed by atoms with van der Waals surface area (Å²) in [4.78, 5) is 54.2. The van der Waals surface area contributed by atoms with Crippen LogP contribution >= 0.6 is 11.8 Å². The Hall–Kier alpha value is -3.87. The number of fused-ring (bicyclic) bond motifs is 1. The maximum atomic E-state index is 13.3. The van der Waals surface area contributed by atoms with Gasteiger partial charge in [0.25, 0.3) is 5.56 Å². The second-order valence-corrected chi connectivity index (χ2v) is 9.52. The predicted molar refractivity (Wildman–Crippen MR) is 131 cm³/mol. The average molecular weight is 534 g/mol. The van der Waals surface area contributed by atoms with Crippen molar-refractivity contribution in [3.63, 3.8) is 0 Å². The summed E-state index contributed by atoms with van der Waals surface area (Å²) in [5.41, 5.74) is -3.50. The molecule has 0 saturated carbocycles. The molecule has 1 atom stereocenters. The Morgan fingerprint density at radius 2 is 1.89 bits per heavy atom. The maximum Gasteiger partial charge on any atom is 0.446 e. The molecule has 9 nitrogen and oxygen atoms in total. The van der Waals surface area contributed by atoms with Crippen molar-refractivity contribution >= 4 is 46.2 Å². The number of hydrogen-bond acceptors (Lipinski definition) is 6. The van der Waals surface area contributed by atoms with Crippen molar-refractivity contribution in [2.24, 2.45) is 0 Å². The fraction of sp³-hybridized carbons (Fsp3) is 0.292.